The second-order valence-electron chi connectivity index (χ2n) is 3.54. The number of ether oxygens (including phenoxy) is 1. The molecule has 0 radical (unpaired) electrons. The van der Waals surface area contributed by atoms with Crippen LogP contribution in [0.25, 0.3) is 0 Å². The first-order valence-corrected chi connectivity index (χ1v) is 5.95. The van der Waals surface area contributed by atoms with E-state index in [4.69, 9.17) is 5.11 Å². The van der Waals surface area contributed by atoms with Gasteiger partial charge in [0.25, 0.3) is 5.91 Å². The number of alkyl carbamates (subject to hydrolysis) is 1. The predicted molar refractivity (Wildman–Crippen MR) is 64.5 cm³/mol. The van der Waals surface area contributed by atoms with Crippen LogP contribution < -0.4 is 5.32 Å². The molecule has 17 heavy (non-hydrogen) atoms. The maximum Gasteiger partial charge on any atom is 0.414 e. The maximum absolute atomic E-state index is 11.1. The van der Waals surface area contributed by atoms with Crippen LogP contribution >= 0.6 is 0 Å². The molecule has 0 heterocycles. The van der Waals surface area contributed by atoms with Crippen LogP contribution in [0.15, 0.2) is 12.2 Å². The van der Waals surface area contributed by atoms with Crippen LogP contribution in [0.3, 0.4) is 0 Å². The Morgan fingerprint density at radius 3 is 2.59 bits per heavy atom. The van der Waals surface area contributed by atoms with Crippen molar-refractivity contribution in [2.75, 3.05) is 13.2 Å². The molecule has 0 rings (SSSR count). The van der Waals surface area contributed by atoms with E-state index in [1.807, 2.05) is 0 Å². The number of carbonyl (C=O) groups excluding carboxylic acids is 2. The lowest BCUT2D eigenvalue weighted by atomic mass is 10.1. The number of aliphatic hydroxyl groups excluding tert-OH is 1. The van der Waals surface area contributed by atoms with Crippen LogP contribution in [-0.2, 0) is 9.53 Å². The molecule has 0 aliphatic rings. The summed E-state index contributed by atoms with van der Waals surface area (Å²) in [7, 11) is 0. The molecule has 5 heteroatoms. The van der Waals surface area contributed by atoms with Crippen LogP contribution in [-0.4, -0.2) is 30.3 Å². The van der Waals surface area contributed by atoms with E-state index in [0.29, 0.717) is 0 Å². The van der Waals surface area contributed by atoms with Crippen molar-refractivity contribution in [3.63, 3.8) is 0 Å². The van der Waals surface area contributed by atoms with Crippen molar-refractivity contribution >= 4 is 12.0 Å². The fourth-order valence-corrected chi connectivity index (χ4v) is 1.23. The average Bonchev–Trinajstić information content (AvgIpc) is 2.28. The minimum Gasteiger partial charge on any atom is -0.450 e. The third-order valence-electron chi connectivity index (χ3n) is 2.05. The van der Waals surface area contributed by atoms with E-state index < -0.39 is 12.0 Å². The Morgan fingerprint density at radius 2 is 1.94 bits per heavy atom. The number of allylic oxidation sites excluding steroid dienone is 1. The van der Waals surface area contributed by atoms with Gasteiger partial charge in [-0.25, -0.2) is 4.79 Å². The van der Waals surface area contributed by atoms with Crippen LogP contribution in [0, 0.1) is 0 Å². The van der Waals surface area contributed by atoms with Gasteiger partial charge in [0.1, 0.15) is 0 Å². The van der Waals surface area contributed by atoms with E-state index in [0.717, 1.165) is 32.1 Å². The Hall–Kier alpha value is -1.36. The Bertz CT molecular complexity index is 251. The number of aliphatic hydroxyl groups is 1. The Kier molecular flexibility index (Phi) is 10.2. The smallest absolute Gasteiger partial charge is 0.414 e. The fourth-order valence-electron chi connectivity index (χ4n) is 1.23. The number of amides is 2. The predicted octanol–water partition coefficient (Wildman–Crippen LogP) is 1.76. The van der Waals surface area contributed by atoms with Gasteiger partial charge in [-0.05, 0) is 32.3 Å². The highest BCUT2D eigenvalue weighted by Gasteiger charge is 2.03. The summed E-state index contributed by atoms with van der Waals surface area (Å²) in [6.07, 6.45) is 6.98. The summed E-state index contributed by atoms with van der Waals surface area (Å²) in [4.78, 5) is 22.0. The van der Waals surface area contributed by atoms with Crippen molar-refractivity contribution in [3.8, 4) is 0 Å². The van der Waals surface area contributed by atoms with Gasteiger partial charge in [0.05, 0.1) is 6.61 Å². The lowest BCUT2D eigenvalue weighted by Gasteiger charge is -2.00. The van der Waals surface area contributed by atoms with Crippen molar-refractivity contribution in [2.24, 2.45) is 0 Å². The highest BCUT2D eigenvalue weighted by Crippen LogP contribution is 2.02. The van der Waals surface area contributed by atoms with Crippen molar-refractivity contribution in [1.29, 1.82) is 0 Å². The summed E-state index contributed by atoms with van der Waals surface area (Å²) >= 11 is 0. The van der Waals surface area contributed by atoms with E-state index >= 15 is 0 Å². The van der Waals surface area contributed by atoms with Gasteiger partial charge in [-0.2, -0.15) is 0 Å². The summed E-state index contributed by atoms with van der Waals surface area (Å²) in [5, 5.41) is 10.6. The van der Waals surface area contributed by atoms with Crippen LogP contribution in [0.5, 0.6) is 0 Å². The molecule has 2 amide bonds. The van der Waals surface area contributed by atoms with Gasteiger partial charge >= 0.3 is 6.09 Å². The Morgan fingerprint density at radius 1 is 1.24 bits per heavy atom. The number of hydrogen-bond donors (Lipinski definition) is 2. The zero-order chi connectivity index (χ0) is 12.9. The molecule has 0 atom stereocenters. The molecule has 0 aromatic heterocycles. The summed E-state index contributed by atoms with van der Waals surface area (Å²) in [6, 6.07) is 0. The summed E-state index contributed by atoms with van der Waals surface area (Å²) in [5.74, 6) is -0.459. The van der Waals surface area contributed by atoms with Gasteiger partial charge in [0.15, 0.2) is 0 Å². The number of rotatable bonds is 8. The molecule has 0 unspecified atom stereocenters. The summed E-state index contributed by atoms with van der Waals surface area (Å²) < 4.78 is 4.56. The third-order valence-corrected chi connectivity index (χ3v) is 2.05. The number of hydrogen-bond acceptors (Lipinski definition) is 4. The number of carbonyl (C=O) groups is 2. The normalized spacial score (nSPS) is 10.5. The molecule has 0 spiro atoms. The van der Waals surface area contributed by atoms with Crippen molar-refractivity contribution in [3.05, 3.63) is 12.2 Å². The second kappa shape index (κ2) is 11.1. The Balaban J connectivity index is 3.50. The van der Waals surface area contributed by atoms with Crippen LogP contribution in [0.1, 0.15) is 39.0 Å². The lowest BCUT2D eigenvalue weighted by Crippen LogP contribution is -2.29. The van der Waals surface area contributed by atoms with Gasteiger partial charge in [-0.15, -0.1) is 0 Å². The first-order valence-electron chi connectivity index (χ1n) is 5.95. The first-order chi connectivity index (χ1) is 8.20. The van der Waals surface area contributed by atoms with Gasteiger partial charge in [0, 0.05) is 6.61 Å². The second-order valence-corrected chi connectivity index (χ2v) is 3.54. The van der Waals surface area contributed by atoms with Gasteiger partial charge < -0.3 is 9.84 Å². The van der Waals surface area contributed by atoms with E-state index in [-0.39, 0.29) is 13.2 Å². The largest absolute Gasteiger partial charge is 0.450 e. The molecule has 2 N–H and O–H groups in total. The van der Waals surface area contributed by atoms with Crippen molar-refractivity contribution < 1.29 is 19.4 Å². The Labute approximate surface area is 102 Å². The number of unbranched alkanes of at least 4 members (excludes halogenated alkanes) is 4. The first kappa shape index (κ1) is 15.6. The minimum atomic E-state index is -0.718. The average molecular weight is 243 g/mol. The monoisotopic (exact) mass is 243 g/mol. The molecule has 0 fully saturated rings. The molecule has 0 aromatic carbocycles. The maximum atomic E-state index is 11.1. The summed E-state index contributed by atoms with van der Waals surface area (Å²) in [6.45, 7) is 2.15. The molecule has 0 aliphatic carbocycles. The quantitative estimate of drug-likeness (QED) is 0.503. The summed E-state index contributed by atoms with van der Waals surface area (Å²) in [5.41, 5.74) is 0. The topological polar surface area (TPSA) is 75.6 Å². The van der Waals surface area contributed by atoms with E-state index in [2.05, 4.69) is 10.1 Å². The zero-order valence-corrected chi connectivity index (χ0v) is 10.3. The molecule has 0 bridgehead atoms. The standard InChI is InChI=1S/C12H21NO4/c1-2-17-12(16)13-11(15)9-7-5-3-4-6-8-10-14/h7,9,14H,2-6,8,10H2,1H3,(H,13,15,16). The SMILES string of the molecule is CCOC(=O)NC(=O)C=CCCCCCCO. The van der Waals surface area contributed by atoms with E-state index in [1.54, 1.807) is 13.0 Å². The molecule has 98 valence electrons. The molecule has 0 aliphatic heterocycles. The molecular formula is C12H21NO4. The van der Waals surface area contributed by atoms with Gasteiger partial charge in [-0.1, -0.05) is 18.9 Å². The molecule has 0 saturated heterocycles. The van der Waals surface area contributed by atoms with Gasteiger partial charge in [-0.3, -0.25) is 10.1 Å². The van der Waals surface area contributed by atoms with Crippen molar-refractivity contribution in [2.45, 2.75) is 39.0 Å². The molecule has 0 aromatic rings. The molecular weight excluding hydrogens is 222 g/mol. The third kappa shape index (κ3) is 10.9. The highest BCUT2D eigenvalue weighted by atomic mass is 16.5. The van der Waals surface area contributed by atoms with Crippen LogP contribution in [0.2, 0.25) is 0 Å². The van der Waals surface area contributed by atoms with E-state index in [9.17, 15) is 9.59 Å². The molecule has 5 nitrogen and oxygen atoms in total. The number of nitrogens with one attached hydrogen (secondary N) is 1. The lowest BCUT2D eigenvalue weighted by molar-refractivity contribution is -0.115. The van der Waals surface area contributed by atoms with Gasteiger partial charge in [0.2, 0.25) is 0 Å². The number of imide groups is 1. The fraction of sp³-hybridized carbons (Fsp3) is 0.667. The molecule has 0 saturated carbocycles. The zero-order valence-electron chi connectivity index (χ0n) is 10.3. The van der Waals surface area contributed by atoms with E-state index in [1.165, 1.54) is 6.08 Å². The highest BCUT2D eigenvalue weighted by molar-refractivity contribution is 5.98. The minimum absolute atomic E-state index is 0.234. The van der Waals surface area contributed by atoms with Crippen LogP contribution in [0.4, 0.5) is 4.79 Å². The van der Waals surface area contributed by atoms with Crippen molar-refractivity contribution in [1.82, 2.24) is 5.32 Å².